The van der Waals surface area contributed by atoms with Gasteiger partial charge in [0, 0.05) is 11.6 Å². The van der Waals surface area contributed by atoms with Crippen molar-refractivity contribution in [1.82, 2.24) is 4.98 Å². The molecule has 0 aliphatic carbocycles. The predicted octanol–water partition coefficient (Wildman–Crippen LogP) is 1.24. The molecule has 3 N–H and O–H groups in total. The van der Waals surface area contributed by atoms with E-state index in [2.05, 4.69) is 4.98 Å². The molecule has 0 radical (unpaired) electrons. The zero-order chi connectivity index (χ0) is 11.9. The summed E-state index contributed by atoms with van der Waals surface area (Å²) in [6.07, 6.45) is 1.42. The van der Waals surface area contributed by atoms with Gasteiger partial charge in [-0.15, -0.1) is 0 Å². The number of pyridine rings is 1. The smallest absolute Gasteiger partial charge is 0.241 e. The van der Waals surface area contributed by atoms with Crippen LogP contribution in [0.1, 0.15) is 0 Å². The Bertz CT molecular complexity index is 670. The van der Waals surface area contributed by atoms with Crippen molar-refractivity contribution in [3.05, 3.63) is 29.4 Å². The van der Waals surface area contributed by atoms with Crippen LogP contribution in [0.15, 0.2) is 29.3 Å². The Balaban J connectivity index is 2.97. The normalized spacial score (nSPS) is 11.9. The standard InChI is InChI=1S/C9H7ClN2O3S/c10-6-4-7(16(11,14)15)9(13)8-5(6)2-1-3-12-8/h1-4,13H,(H2,11,14,15). The first-order valence-corrected chi connectivity index (χ1v) is 6.12. The van der Waals surface area contributed by atoms with Crippen LogP contribution in [0.3, 0.4) is 0 Å². The molecule has 0 atom stereocenters. The highest BCUT2D eigenvalue weighted by molar-refractivity contribution is 7.89. The van der Waals surface area contributed by atoms with E-state index in [1.54, 1.807) is 12.1 Å². The van der Waals surface area contributed by atoms with Crippen LogP contribution in [0.2, 0.25) is 5.02 Å². The van der Waals surface area contributed by atoms with Gasteiger partial charge in [-0.05, 0) is 18.2 Å². The van der Waals surface area contributed by atoms with Crippen molar-refractivity contribution in [2.24, 2.45) is 5.14 Å². The van der Waals surface area contributed by atoms with Crippen molar-refractivity contribution in [3.8, 4) is 5.75 Å². The number of sulfonamides is 1. The van der Waals surface area contributed by atoms with Crippen molar-refractivity contribution in [1.29, 1.82) is 0 Å². The van der Waals surface area contributed by atoms with E-state index in [4.69, 9.17) is 16.7 Å². The Kier molecular flexibility index (Phi) is 2.49. The highest BCUT2D eigenvalue weighted by Gasteiger charge is 2.19. The number of phenols is 1. The second-order valence-corrected chi connectivity index (χ2v) is 5.09. The van der Waals surface area contributed by atoms with Crippen molar-refractivity contribution in [2.75, 3.05) is 0 Å². The highest BCUT2D eigenvalue weighted by atomic mass is 35.5. The van der Waals surface area contributed by atoms with Crippen molar-refractivity contribution in [3.63, 3.8) is 0 Å². The summed E-state index contributed by atoms with van der Waals surface area (Å²) < 4.78 is 22.4. The van der Waals surface area contributed by atoms with E-state index in [9.17, 15) is 13.5 Å². The van der Waals surface area contributed by atoms with E-state index >= 15 is 0 Å². The van der Waals surface area contributed by atoms with E-state index in [-0.39, 0.29) is 10.5 Å². The Labute approximate surface area is 96.5 Å². The number of aromatic hydroxyl groups is 1. The average Bonchev–Trinajstić information content (AvgIpc) is 2.22. The molecule has 0 aliphatic heterocycles. The lowest BCUT2D eigenvalue weighted by Gasteiger charge is -2.06. The van der Waals surface area contributed by atoms with Crippen LogP contribution in [0, 0.1) is 0 Å². The van der Waals surface area contributed by atoms with Crippen LogP contribution in [-0.4, -0.2) is 18.5 Å². The number of rotatable bonds is 1. The van der Waals surface area contributed by atoms with Crippen LogP contribution >= 0.6 is 11.6 Å². The number of aromatic nitrogens is 1. The van der Waals surface area contributed by atoms with E-state index in [0.717, 1.165) is 6.07 Å². The zero-order valence-corrected chi connectivity index (χ0v) is 9.46. The number of halogens is 1. The highest BCUT2D eigenvalue weighted by Crippen LogP contribution is 2.34. The molecule has 0 spiro atoms. The topological polar surface area (TPSA) is 93.3 Å². The second kappa shape index (κ2) is 3.58. The lowest BCUT2D eigenvalue weighted by atomic mass is 10.2. The second-order valence-electron chi connectivity index (χ2n) is 3.15. The van der Waals surface area contributed by atoms with E-state index in [0.29, 0.717) is 5.39 Å². The Hall–Kier alpha value is -1.37. The lowest BCUT2D eigenvalue weighted by Crippen LogP contribution is -2.12. The molecule has 0 unspecified atom stereocenters. The number of benzene rings is 1. The SMILES string of the molecule is NS(=O)(=O)c1cc(Cl)c2cccnc2c1O. The molecule has 1 heterocycles. The summed E-state index contributed by atoms with van der Waals surface area (Å²) in [5.41, 5.74) is 0.110. The third-order valence-corrected chi connectivity index (χ3v) is 3.32. The van der Waals surface area contributed by atoms with E-state index in [1.807, 2.05) is 0 Å². The quantitative estimate of drug-likeness (QED) is 0.805. The summed E-state index contributed by atoms with van der Waals surface area (Å²) in [5, 5.41) is 15.3. The Morgan fingerprint density at radius 2 is 2.12 bits per heavy atom. The van der Waals surface area contributed by atoms with Crippen LogP contribution in [0.5, 0.6) is 5.75 Å². The maximum absolute atomic E-state index is 11.2. The molecule has 2 aromatic rings. The van der Waals surface area contributed by atoms with Gasteiger partial charge in [-0.2, -0.15) is 0 Å². The number of hydrogen-bond acceptors (Lipinski definition) is 4. The number of hydrogen-bond donors (Lipinski definition) is 2. The molecule has 0 bridgehead atoms. The maximum Gasteiger partial charge on any atom is 0.241 e. The van der Waals surface area contributed by atoms with Gasteiger partial charge in [-0.3, -0.25) is 4.98 Å². The molecule has 0 saturated carbocycles. The molecule has 0 amide bonds. The first-order valence-electron chi connectivity index (χ1n) is 4.20. The monoisotopic (exact) mass is 258 g/mol. The molecule has 7 heteroatoms. The largest absolute Gasteiger partial charge is 0.504 e. The number of fused-ring (bicyclic) bond motifs is 1. The Morgan fingerprint density at radius 1 is 1.44 bits per heavy atom. The third-order valence-electron chi connectivity index (χ3n) is 2.09. The van der Waals surface area contributed by atoms with Crippen molar-refractivity contribution in [2.45, 2.75) is 4.90 Å². The number of nitrogens with zero attached hydrogens (tertiary/aromatic N) is 1. The molecule has 84 valence electrons. The van der Waals surface area contributed by atoms with E-state index < -0.39 is 20.7 Å². The number of nitrogens with two attached hydrogens (primary N) is 1. The molecular weight excluding hydrogens is 252 g/mol. The maximum atomic E-state index is 11.2. The summed E-state index contributed by atoms with van der Waals surface area (Å²) in [7, 11) is -4.02. The fourth-order valence-corrected chi connectivity index (χ4v) is 2.36. The minimum atomic E-state index is -4.02. The van der Waals surface area contributed by atoms with Crippen molar-refractivity contribution < 1.29 is 13.5 Å². The molecule has 0 fully saturated rings. The summed E-state index contributed by atoms with van der Waals surface area (Å²) in [6.45, 7) is 0. The van der Waals surface area contributed by atoms with Gasteiger partial charge in [-0.1, -0.05) is 11.6 Å². The van der Waals surface area contributed by atoms with Gasteiger partial charge in [0.2, 0.25) is 10.0 Å². The minimum Gasteiger partial charge on any atom is -0.504 e. The summed E-state index contributed by atoms with van der Waals surface area (Å²) in [5.74, 6) is -0.484. The number of phenolic OH excluding ortho intramolecular Hbond substituents is 1. The molecule has 1 aromatic carbocycles. The first kappa shape index (κ1) is 11.1. The van der Waals surface area contributed by atoms with Gasteiger partial charge in [0.15, 0.2) is 5.75 Å². The predicted molar refractivity (Wildman–Crippen MR) is 59.8 cm³/mol. The summed E-state index contributed by atoms with van der Waals surface area (Å²) in [6, 6.07) is 4.36. The minimum absolute atomic E-state index is 0.110. The summed E-state index contributed by atoms with van der Waals surface area (Å²) >= 11 is 5.87. The molecular formula is C9H7ClN2O3S. The van der Waals surface area contributed by atoms with Crippen LogP contribution in [0.25, 0.3) is 10.9 Å². The molecule has 16 heavy (non-hydrogen) atoms. The van der Waals surface area contributed by atoms with Gasteiger partial charge >= 0.3 is 0 Å². The van der Waals surface area contributed by atoms with Gasteiger partial charge in [0.1, 0.15) is 10.4 Å². The van der Waals surface area contributed by atoms with Gasteiger partial charge < -0.3 is 5.11 Å². The van der Waals surface area contributed by atoms with Crippen LogP contribution < -0.4 is 5.14 Å². The van der Waals surface area contributed by atoms with Crippen molar-refractivity contribution >= 4 is 32.5 Å². The average molecular weight is 259 g/mol. The number of primary sulfonamides is 1. The van der Waals surface area contributed by atoms with Gasteiger partial charge in [-0.25, -0.2) is 13.6 Å². The van der Waals surface area contributed by atoms with Gasteiger partial charge in [0.25, 0.3) is 0 Å². The third kappa shape index (κ3) is 1.71. The lowest BCUT2D eigenvalue weighted by molar-refractivity contribution is 0.464. The molecule has 1 aromatic heterocycles. The molecule has 2 rings (SSSR count). The van der Waals surface area contributed by atoms with Gasteiger partial charge in [0.05, 0.1) is 5.02 Å². The van der Waals surface area contributed by atoms with Crippen LogP contribution in [-0.2, 0) is 10.0 Å². The van der Waals surface area contributed by atoms with E-state index in [1.165, 1.54) is 6.20 Å². The zero-order valence-electron chi connectivity index (χ0n) is 7.88. The molecule has 5 nitrogen and oxygen atoms in total. The first-order chi connectivity index (χ1) is 7.41. The fourth-order valence-electron chi connectivity index (χ4n) is 1.38. The molecule has 0 saturated heterocycles. The molecule has 0 aliphatic rings. The Morgan fingerprint density at radius 3 is 2.75 bits per heavy atom. The van der Waals surface area contributed by atoms with Crippen LogP contribution in [0.4, 0.5) is 0 Å². The fraction of sp³-hybridized carbons (Fsp3) is 0. The summed E-state index contributed by atoms with van der Waals surface area (Å²) in [4.78, 5) is 3.43.